The number of benzene rings is 2. The molecule has 2 aromatic carbocycles. The lowest BCUT2D eigenvalue weighted by Crippen LogP contribution is -2.39. The van der Waals surface area contributed by atoms with E-state index in [0.29, 0.717) is 17.4 Å². The van der Waals surface area contributed by atoms with Gasteiger partial charge in [0.05, 0.1) is 33.6 Å². The Kier molecular flexibility index (Phi) is 6.42. The predicted octanol–water partition coefficient (Wildman–Crippen LogP) is 2.47. The van der Waals surface area contributed by atoms with Crippen LogP contribution in [0.4, 0.5) is 18.9 Å². The van der Waals surface area contributed by atoms with E-state index in [9.17, 15) is 31.2 Å². The van der Waals surface area contributed by atoms with Crippen molar-refractivity contribution in [1.29, 1.82) is 0 Å². The van der Waals surface area contributed by atoms with Crippen molar-refractivity contribution >= 4 is 39.1 Å². The second-order valence-electron chi connectivity index (χ2n) is 6.88. The van der Waals surface area contributed by atoms with E-state index in [-0.39, 0.29) is 23.5 Å². The van der Waals surface area contributed by atoms with Gasteiger partial charge in [-0.15, -0.1) is 0 Å². The van der Waals surface area contributed by atoms with E-state index < -0.39 is 44.6 Å². The Morgan fingerprint density at radius 3 is 2.35 bits per heavy atom. The van der Waals surface area contributed by atoms with Gasteiger partial charge in [-0.25, -0.2) is 18.5 Å². The van der Waals surface area contributed by atoms with Gasteiger partial charge in [-0.3, -0.25) is 9.59 Å². The zero-order chi connectivity index (χ0) is 23.0. The fourth-order valence-electron chi connectivity index (χ4n) is 3.17. The van der Waals surface area contributed by atoms with Crippen molar-refractivity contribution in [2.45, 2.75) is 30.0 Å². The van der Waals surface area contributed by atoms with Gasteiger partial charge >= 0.3 is 6.18 Å². The van der Waals surface area contributed by atoms with Gasteiger partial charge in [-0.2, -0.15) is 13.2 Å². The quantitative estimate of drug-likeness (QED) is 0.624. The highest BCUT2D eigenvalue weighted by Gasteiger charge is 2.41. The van der Waals surface area contributed by atoms with Crippen LogP contribution >= 0.6 is 11.6 Å². The van der Waals surface area contributed by atoms with Crippen molar-refractivity contribution in [3.63, 3.8) is 0 Å². The molecule has 1 saturated heterocycles. The zero-order valence-electron chi connectivity index (χ0n) is 15.8. The summed E-state index contributed by atoms with van der Waals surface area (Å²) >= 11 is 5.59. The number of anilines is 1. The molecular formula is C19H17ClF3N3O4S. The first-order valence-corrected chi connectivity index (χ1v) is 10.9. The Balaban J connectivity index is 1.66. The topological polar surface area (TPSA) is 110 Å². The molecule has 2 aromatic rings. The first kappa shape index (κ1) is 23.2. The van der Waals surface area contributed by atoms with Crippen molar-refractivity contribution in [2.24, 2.45) is 5.14 Å². The number of halogens is 4. The van der Waals surface area contributed by atoms with Crippen molar-refractivity contribution in [3.8, 4) is 0 Å². The lowest BCUT2D eigenvalue weighted by atomic mass is 10.1. The molecule has 1 aliphatic rings. The molecule has 0 radical (unpaired) electrons. The van der Waals surface area contributed by atoms with Crippen LogP contribution in [0.15, 0.2) is 47.4 Å². The second-order valence-corrected chi connectivity index (χ2v) is 8.85. The molecule has 3 rings (SSSR count). The number of nitrogens with one attached hydrogen (secondary N) is 1. The SMILES string of the molecule is NS(=O)(=O)c1ccc(CCNC2CC(=O)N(c3ccc(Cl)c(C(F)(F)F)c3)C2=O)cc1. The van der Waals surface area contributed by atoms with Crippen LogP contribution in [0.3, 0.4) is 0 Å². The summed E-state index contributed by atoms with van der Waals surface area (Å²) in [5, 5.41) is 7.42. The number of rotatable bonds is 6. The van der Waals surface area contributed by atoms with Crippen LogP contribution in [-0.4, -0.2) is 32.8 Å². The Labute approximate surface area is 181 Å². The van der Waals surface area contributed by atoms with Gasteiger partial charge in [-0.1, -0.05) is 23.7 Å². The fraction of sp³-hybridized carbons (Fsp3) is 0.263. The van der Waals surface area contributed by atoms with Gasteiger partial charge in [0.15, 0.2) is 0 Å². The van der Waals surface area contributed by atoms with E-state index in [1.54, 1.807) is 12.1 Å². The summed E-state index contributed by atoms with van der Waals surface area (Å²) in [6, 6.07) is 7.82. The Morgan fingerprint density at radius 1 is 1.13 bits per heavy atom. The van der Waals surface area contributed by atoms with Crippen LogP contribution in [0, 0.1) is 0 Å². The number of carbonyl (C=O) groups is 2. The Morgan fingerprint density at radius 2 is 1.77 bits per heavy atom. The standard InChI is InChI=1S/C19H17ClF3N3O4S/c20-15-6-3-12(9-14(15)19(21,22)23)26-17(27)10-16(18(26)28)25-8-7-11-1-4-13(5-2-11)31(24,29)30/h1-6,9,16,25H,7-8,10H2,(H2,24,29,30). The second kappa shape index (κ2) is 8.58. The summed E-state index contributed by atoms with van der Waals surface area (Å²) in [5.74, 6) is -1.29. The summed E-state index contributed by atoms with van der Waals surface area (Å²) in [7, 11) is -3.80. The third-order valence-electron chi connectivity index (χ3n) is 4.72. The maximum atomic E-state index is 13.1. The Bertz CT molecular complexity index is 1120. The summed E-state index contributed by atoms with van der Waals surface area (Å²) in [6.45, 7) is 0.278. The average molecular weight is 476 g/mol. The molecule has 1 heterocycles. The minimum Gasteiger partial charge on any atom is -0.305 e. The average Bonchev–Trinajstić information content (AvgIpc) is 2.95. The van der Waals surface area contributed by atoms with Gasteiger partial charge in [0.25, 0.3) is 5.91 Å². The molecule has 1 fully saturated rings. The molecule has 0 saturated carbocycles. The molecule has 31 heavy (non-hydrogen) atoms. The molecule has 1 unspecified atom stereocenters. The number of alkyl halides is 3. The van der Waals surface area contributed by atoms with Crippen molar-refractivity contribution < 1.29 is 31.2 Å². The number of primary sulfonamides is 1. The number of carbonyl (C=O) groups excluding carboxylic acids is 2. The summed E-state index contributed by atoms with van der Waals surface area (Å²) < 4.78 is 61.8. The molecule has 1 atom stereocenters. The number of nitrogens with two attached hydrogens (primary N) is 1. The molecule has 166 valence electrons. The van der Waals surface area contributed by atoms with E-state index in [1.165, 1.54) is 18.2 Å². The van der Waals surface area contributed by atoms with Gasteiger partial charge < -0.3 is 5.32 Å². The van der Waals surface area contributed by atoms with E-state index in [0.717, 1.165) is 11.6 Å². The lowest BCUT2D eigenvalue weighted by Gasteiger charge is -2.18. The van der Waals surface area contributed by atoms with E-state index >= 15 is 0 Å². The molecule has 12 heteroatoms. The highest BCUT2D eigenvalue weighted by atomic mass is 35.5. The first-order chi connectivity index (χ1) is 14.4. The largest absolute Gasteiger partial charge is 0.417 e. The van der Waals surface area contributed by atoms with Crippen molar-refractivity contribution in [1.82, 2.24) is 5.32 Å². The minimum atomic E-state index is -4.73. The van der Waals surface area contributed by atoms with Gasteiger partial charge in [0, 0.05) is 0 Å². The van der Waals surface area contributed by atoms with E-state index in [2.05, 4.69) is 5.32 Å². The maximum absolute atomic E-state index is 13.1. The number of nitrogens with zero attached hydrogens (tertiary/aromatic N) is 1. The lowest BCUT2D eigenvalue weighted by molar-refractivity contribution is -0.137. The van der Waals surface area contributed by atoms with Gasteiger partial charge in [-0.05, 0) is 48.9 Å². The zero-order valence-corrected chi connectivity index (χ0v) is 17.4. The number of hydrogen-bond acceptors (Lipinski definition) is 5. The molecule has 0 spiro atoms. The van der Waals surface area contributed by atoms with Crippen LogP contribution < -0.4 is 15.4 Å². The fourth-order valence-corrected chi connectivity index (χ4v) is 3.91. The van der Waals surface area contributed by atoms with Crippen LogP contribution in [0.5, 0.6) is 0 Å². The third kappa shape index (κ3) is 5.24. The minimum absolute atomic E-state index is 0.0300. The predicted molar refractivity (Wildman–Crippen MR) is 107 cm³/mol. The van der Waals surface area contributed by atoms with Crippen molar-refractivity contribution in [3.05, 3.63) is 58.6 Å². The van der Waals surface area contributed by atoms with Crippen LogP contribution in [0.25, 0.3) is 0 Å². The molecule has 1 aliphatic heterocycles. The van der Waals surface area contributed by atoms with Crippen LogP contribution in [0.1, 0.15) is 17.5 Å². The molecule has 7 nitrogen and oxygen atoms in total. The maximum Gasteiger partial charge on any atom is 0.417 e. The summed E-state index contributed by atoms with van der Waals surface area (Å²) in [4.78, 5) is 25.6. The smallest absolute Gasteiger partial charge is 0.305 e. The highest BCUT2D eigenvalue weighted by Crippen LogP contribution is 2.37. The number of imide groups is 1. The van der Waals surface area contributed by atoms with Crippen LogP contribution in [-0.2, 0) is 32.2 Å². The number of amides is 2. The number of sulfonamides is 1. The molecule has 3 N–H and O–H groups in total. The van der Waals surface area contributed by atoms with Crippen LogP contribution in [0.2, 0.25) is 5.02 Å². The molecule has 2 amide bonds. The molecule has 0 aliphatic carbocycles. The highest BCUT2D eigenvalue weighted by molar-refractivity contribution is 7.89. The molecule has 0 aromatic heterocycles. The van der Waals surface area contributed by atoms with Gasteiger partial charge in [0.2, 0.25) is 15.9 Å². The van der Waals surface area contributed by atoms with Crippen molar-refractivity contribution in [2.75, 3.05) is 11.4 Å². The normalized spacial score (nSPS) is 17.5. The Hall–Kier alpha value is -2.47. The summed E-state index contributed by atoms with van der Waals surface area (Å²) in [5.41, 5.74) is -0.567. The number of hydrogen-bond donors (Lipinski definition) is 2. The monoisotopic (exact) mass is 475 g/mol. The van der Waals surface area contributed by atoms with Gasteiger partial charge in [0.1, 0.15) is 0 Å². The molecule has 0 bridgehead atoms. The third-order valence-corrected chi connectivity index (χ3v) is 5.98. The first-order valence-electron chi connectivity index (χ1n) is 8.96. The summed E-state index contributed by atoms with van der Waals surface area (Å²) in [6.07, 6.45) is -4.51. The molecular weight excluding hydrogens is 459 g/mol. The van der Waals surface area contributed by atoms with E-state index in [4.69, 9.17) is 16.7 Å². The van der Waals surface area contributed by atoms with E-state index in [1.807, 2.05) is 0 Å².